The predicted molar refractivity (Wildman–Crippen MR) is 77.7 cm³/mol. The lowest BCUT2D eigenvalue weighted by molar-refractivity contribution is -0.141. The van der Waals surface area contributed by atoms with E-state index in [1.54, 1.807) is 20.8 Å². The third-order valence-electron chi connectivity index (χ3n) is 3.54. The quantitative estimate of drug-likeness (QED) is 0.658. The Morgan fingerprint density at radius 1 is 1.35 bits per heavy atom. The van der Waals surface area contributed by atoms with Crippen LogP contribution in [0.2, 0.25) is 0 Å². The Labute approximate surface area is 120 Å². The van der Waals surface area contributed by atoms with E-state index in [1.807, 2.05) is 0 Å². The molecule has 0 aliphatic heterocycles. The molecule has 0 spiro atoms. The van der Waals surface area contributed by atoms with E-state index in [2.05, 4.69) is 22.5 Å². The number of urea groups is 1. The summed E-state index contributed by atoms with van der Waals surface area (Å²) in [7, 11) is 0. The molecule has 0 radical (unpaired) electrons. The summed E-state index contributed by atoms with van der Waals surface area (Å²) in [6.07, 6.45) is 2.48. The molecule has 1 aliphatic carbocycles. The molecule has 0 unspecified atom stereocenters. The lowest BCUT2D eigenvalue weighted by atomic mass is 9.87. The van der Waals surface area contributed by atoms with Crippen molar-refractivity contribution in [3.05, 3.63) is 0 Å². The fraction of sp³-hybridized carbons (Fsp3) is 0.857. The molecule has 1 saturated carbocycles. The Hall–Kier alpha value is -1.30. The summed E-state index contributed by atoms with van der Waals surface area (Å²) in [6, 6.07) is -0.640. The number of nitrogens with zero attached hydrogens (tertiary/aromatic N) is 1. The second-order valence-electron chi connectivity index (χ2n) is 6.40. The van der Waals surface area contributed by atoms with Crippen LogP contribution in [0.4, 0.5) is 4.79 Å². The number of carbonyl (C=O) groups is 2. The summed E-state index contributed by atoms with van der Waals surface area (Å²) < 4.78 is 0. The van der Waals surface area contributed by atoms with Crippen LogP contribution in [-0.2, 0) is 4.79 Å². The van der Waals surface area contributed by atoms with Crippen LogP contribution < -0.4 is 10.6 Å². The third kappa shape index (κ3) is 5.36. The molecule has 6 nitrogen and oxygen atoms in total. The number of carbonyl (C=O) groups excluding carboxylic acids is 1. The number of hydrogen-bond acceptors (Lipinski definition) is 3. The zero-order chi connectivity index (χ0) is 15.3. The normalized spacial score (nSPS) is 16.9. The maximum absolute atomic E-state index is 11.8. The second-order valence-corrected chi connectivity index (χ2v) is 6.40. The van der Waals surface area contributed by atoms with E-state index >= 15 is 0 Å². The predicted octanol–water partition coefficient (Wildman–Crippen LogP) is 1.27. The molecule has 20 heavy (non-hydrogen) atoms. The van der Waals surface area contributed by atoms with Gasteiger partial charge in [-0.1, -0.05) is 27.7 Å². The molecule has 1 rings (SSSR count). The number of carboxylic acids is 1. The Balaban J connectivity index is 2.33. The van der Waals surface area contributed by atoms with Crippen molar-refractivity contribution in [3.8, 4) is 0 Å². The smallest absolute Gasteiger partial charge is 0.326 e. The third-order valence-corrected chi connectivity index (χ3v) is 3.54. The van der Waals surface area contributed by atoms with Crippen LogP contribution in [0.15, 0.2) is 0 Å². The van der Waals surface area contributed by atoms with Crippen molar-refractivity contribution in [2.24, 2.45) is 5.41 Å². The highest BCUT2D eigenvalue weighted by atomic mass is 16.4. The molecule has 0 saturated heterocycles. The minimum absolute atomic E-state index is 0.417. The van der Waals surface area contributed by atoms with Crippen molar-refractivity contribution in [1.82, 2.24) is 15.5 Å². The van der Waals surface area contributed by atoms with Crippen molar-refractivity contribution in [2.45, 2.75) is 52.6 Å². The van der Waals surface area contributed by atoms with Crippen LogP contribution in [-0.4, -0.2) is 53.7 Å². The van der Waals surface area contributed by atoms with Gasteiger partial charge >= 0.3 is 12.0 Å². The average molecular weight is 285 g/mol. The van der Waals surface area contributed by atoms with E-state index in [9.17, 15) is 9.59 Å². The van der Waals surface area contributed by atoms with Crippen LogP contribution in [0.3, 0.4) is 0 Å². The van der Waals surface area contributed by atoms with Gasteiger partial charge in [-0.05, 0) is 24.8 Å². The Morgan fingerprint density at radius 2 is 1.95 bits per heavy atom. The summed E-state index contributed by atoms with van der Waals surface area (Å²) in [4.78, 5) is 25.2. The van der Waals surface area contributed by atoms with Gasteiger partial charge in [0.05, 0.1) is 0 Å². The van der Waals surface area contributed by atoms with Crippen molar-refractivity contribution < 1.29 is 14.7 Å². The largest absolute Gasteiger partial charge is 0.480 e. The molecule has 1 atom stereocenters. The highest BCUT2D eigenvalue weighted by Gasteiger charge is 2.32. The number of amides is 2. The second kappa shape index (κ2) is 6.92. The van der Waals surface area contributed by atoms with Crippen molar-refractivity contribution in [1.29, 1.82) is 0 Å². The van der Waals surface area contributed by atoms with Crippen LogP contribution in [0.1, 0.15) is 40.5 Å². The molecule has 6 heteroatoms. The van der Waals surface area contributed by atoms with Crippen LogP contribution in [0.25, 0.3) is 0 Å². The lowest BCUT2D eigenvalue weighted by Crippen LogP contribution is -2.53. The standard InChI is InChI=1S/C14H27N3O3/c1-5-17(10-6-7-10)9-8-15-13(20)16-11(12(18)19)14(2,3)4/h10-11H,5-9H2,1-4H3,(H,18,19)(H2,15,16,20)/t11-/m1/s1. The fourth-order valence-corrected chi connectivity index (χ4v) is 2.18. The van der Waals surface area contributed by atoms with Crippen molar-refractivity contribution in [3.63, 3.8) is 0 Å². The van der Waals surface area contributed by atoms with E-state index in [4.69, 9.17) is 5.11 Å². The highest BCUT2D eigenvalue weighted by molar-refractivity contribution is 5.83. The molecule has 0 bridgehead atoms. The highest BCUT2D eigenvalue weighted by Crippen LogP contribution is 2.25. The Kier molecular flexibility index (Phi) is 5.80. The maximum atomic E-state index is 11.8. The van der Waals surface area contributed by atoms with Gasteiger partial charge in [-0.3, -0.25) is 4.90 Å². The van der Waals surface area contributed by atoms with Crippen molar-refractivity contribution in [2.75, 3.05) is 19.6 Å². The van der Waals surface area contributed by atoms with E-state index in [0.717, 1.165) is 13.1 Å². The summed E-state index contributed by atoms with van der Waals surface area (Å²) in [6.45, 7) is 9.80. The number of aliphatic carboxylic acids is 1. The number of hydrogen-bond donors (Lipinski definition) is 3. The average Bonchev–Trinajstić information content (AvgIpc) is 3.14. The van der Waals surface area contributed by atoms with Crippen LogP contribution in [0.5, 0.6) is 0 Å². The van der Waals surface area contributed by atoms with E-state index in [1.165, 1.54) is 12.8 Å². The zero-order valence-corrected chi connectivity index (χ0v) is 12.9. The van der Waals surface area contributed by atoms with Crippen molar-refractivity contribution >= 4 is 12.0 Å². The number of carboxylic acid groups (broad SMARTS) is 1. The monoisotopic (exact) mass is 285 g/mol. The van der Waals surface area contributed by atoms with Gasteiger partial charge in [0.25, 0.3) is 0 Å². The first-order valence-corrected chi connectivity index (χ1v) is 7.27. The molecule has 0 aromatic heterocycles. The minimum Gasteiger partial charge on any atom is -0.480 e. The summed E-state index contributed by atoms with van der Waals surface area (Å²) in [5.41, 5.74) is -0.521. The molecule has 2 amide bonds. The van der Waals surface area contributed by atoms with E-state index in [-0.39, 0.29) is 0 Å². The number of rotatable bonds is 7. The van der Waals surface area contributed by atoms with Crippen LogP contribution in [0, 0.1) is 5.41 Å². The Morgan fingerprint density at radius 3 is 2.35 bits per heavy atom. The molecule has 0 aromatic rings. The van der Waals surface area contributed by atoms with Gasteiger partial charge in [0.15, 0.2) is 0 Å². The maximum Gasteiger partial charge on any atom is 0.326 e. The van der Waals surface area contributed by atoms with Gasteiger partial charge in [-0.25, -0.2) is 9.59 Å². The first-order valence-electron chi connectivity index (χ1n) is 7.27. The van der Waals surface area contributed by atoms with Gasteiger partial charge in [-0.2, -0.15) is 0 Å². The lowest BCUT2D eigenvalue weighted by Gasteiger charge is -2.28. The van der Waals surface area contributed by atoms with Gasteiger partial charge in [0.1, 0.15) is 6.04 Å². The zero-order valence-electron chi connectivity index (χ0n) is 12.9. The van der Waals surface area contributed by atoms with Gasteiger partial charge in [0, 0.05) is 19.1 Å². The molecule has 3 N–H and O–H groups in total. The molecular weight excluding hydrogens is 258 g/mol. The molecule has 1 fully saturated rings. The number of likely N-dealkylation sites (N-methyl/N-ethyl adjacent to an activating group) is 1. The molecule has 116 valence electrons. The van der Waals surface area contributed by atoms with Gasteiger partial charge < -0.3 is 15.7 Å². The fourth-order valence-electron chi connectivity index (χ4n) is 2.18. The van der Waals surface area contributed by atoms with Gasteiger partial charge in [-0.15, -0.1) is 0 Å². The molecule has 0 aromatic carbocycles. The summed E-state index contributed by atoms with van der Waals surface area (Å²) in [5.74, 6) is -1.01. The summed E-state index contributed by atoms with van der Waals surface area (Å²) >= 11 is 0. The SMILES string of the molecule is CCN(CCNC(=O)N[C@H](C(=O)O)C(C)(C)C)C1CC1. The van der Waals surface area contributed by atoms with Gasteiger partial charge in [0.2, 0.25) is 0 Å². The first-order chi connectivity index (χ1) is 9.25. The van der Waals surface area contributed by atoms with E-state index in [0.29, 0.717) is 12.6 Å². The summed E-state index contributed by atoms with van der Waals surface area (Å²) in [5, 5.41) is 14.4. The van der Waals surface area contributed by atoms with E-state index < -0.39 is 23.5 Å². The minimum atomic E-state index is -1.01. The topological polar surface area (TPSA) is 81.7 Å². The number of nitrogens with one attached hydrogen (secondary N) is 2. The van der Waals surface area contributed by atoms with Crippen LogP contribution >= 0.6 is 0 Å². The molecule has 1 aliphatic rings. The first kappa shape index (κ1) is 16.8. The molecular formula is C14H27N3O3. The molecule has 0 heterocycles. The Bertz CT molecular complexity index is 348.